The molecule has 0 aliphatic heterocycles. The molecular weight excluding hydrogens is 226 g/mol. The van der Waals surface area contributed by atoms with Crippen LogP contribution in [0.2, 0.25) is 0 Å². The highest BCUT2D eigenvalue weighted by Crippen LogP contribution is 2.30. The van der Waals surface area contributed by atoms with Crippen LogP contribution in [0.1, 0.15) is 31.4 Å². The summed E-state index contributed by atoms with van der Waals surface area (Å²) in [4.78, 5) is 0. The number of hydrogen-bond acceptors (Lipinski definition) is 3. The van der Waals surface area contributed by atoms with Crippen molar-refractivity contribution in [2.75, 3.05) is 20.8 Å². The Morgan fingerprint density at radius 2 is 2.00 bits per heavy atom. The molecule has 3 nitrogen and oxygen atoms in total. The van der Waals surface area contributed by atoms with Crippen LogP contribution in [0.5, 0.6) is 11.5 Å². The molecule has 0 aliphatic rings. The van der Waals surface area contributed by atoms with Crippen LogP contribution in [0.3, 0.4) is 0 Å². The quantitative estimate of drug-likeness (QED) is 0.566. The molecule has 18 heavy (non-hydrogen) atoms. The van der Waals surface area contributed by atoms with E-state index in [9.17, 15) is 0 Å². The molecule has 0 fully saturated rings. The normalized spacial score (nSPS) is 11.9. The van der Waals surface area contributed by atoms with Gasteiger partial charge < -0.3 is 14.8 Å². The molecule has 1 atom stereocenters. The lowest BCUT2D eigenvalue weighted by atomic mass is 10.0. The first-order valence-electron chi connectivity index (χ1n) is 6.33. The van der Waals surface area contributed by atoms with Crippen molar-refractivity contribution in [3.05, 3.63) is 36.4 Å². The second-order valence-electron chi connectivity index (χ2n) is 4.11. The van der Waals surface area contributed by atoms with Gasteiger partial charge in [0.1, 0.15) is 0 Å². The second kappa shape index (κ2) is 7.77. The Bertz CT molecular complexity index is 377. The van der Waals surface area contributed by atoms with Crippen LogP contribution >= 0.6 is 0 Å². The Hall–Kier alpha value is -1.48. The Morgan fingerprint density at radius 1 is 1.28 bits per heavy atom. The summed E-state index contributed by atoms with van der Waals surface area (Å²) in [5, 5.41) is 3.51. The van der Waals surface area contributed by atoms with Crippen LogP contribution in [0, 0.1) is 0 Å². The molecule has 1 rings (SSSR count). The topological polar surface area (TPSA) is 30.5 Å². The highest BCUT2D eigenvalue weighted by atomic mass is 16.5. The standard InChI is InChI=1S/C15H23NO2/c1-5-7-10-16-13(6-2)12-8-9-14(17-3)15(11-12)18-4/h5,8-9,11,13,16H,1,6-7,10H2,2-4H3. The molecule has 0 bridgehead atoms. The van der Waals surface area contributed by atoms with Crippen LogP contribution in [0.15, 0.2) is 30.9 Å². The number of benzene rings is 1. The van der Waals surface area contributed by atoms with E-state index in [2.05, 4.69) is 24.9 Å². The molecular formula is C15H23NO2. The van der Waals surface area contributed by atoms with E-state index in [0.29, 0.717) is 6.04 Å². The number of rotatable bonds is 8. The molecule has 0 aliphatic carbocycles. The van der Waals surface area contributed by atoms with Gasteiger partial charge in [0.2, 0.25) is 0 Å². The molecule has 100 valence electrons. The van der Waals surface area contributed by atoms with Gasteiger partial charge in [-0.1, -0.05) is 19.1 Å². The van der Waals surface area contributed by atoms with E-state index in [-0.39, 0.29) is 0 Å². The lowest BCUT2D eigenvalue weighted by Crippen LogP contribution is -2.21. The molecule has 3 heteroatoms. The van der Waals surface area contributed by atoms with E-state index >= 15 is 0 Å². The lowest BCUT2D eigenvalue weighted by molar-refractivity contribution is 0.353. The minimum absolute atomic E-state index is 0.338. The minimum Gasteiger partial charge on any atom is -0.493 e. The third-order valence-electron chi connectivity index (χ3n) is 2.96. The molecule has 1 N–H and O–H groups in total. The molecule has 0 amide bonds. The zero-order valence-corrected chi connectivity index (χ0v) is 11.5. The van der Waals surface area contributed by atoms with Crippen molar-refractivity contribution in [3.8, 4) is 11.5 Å². The van der Waals surface area contributed by atoms with Gasteiger partial charge in [-0.25, -0.2) is 0 Å². The zero-order valence-electron chi connectivity index (χ0n) is 11.5. The average molecular weight is 249 g/mol. The fourth-order valence-electron chi connectivity index (χ4n) is 1.93. The minimum atomic E-state index is 0.338. The maximum absolute atomic E-state index is 5.33. The highest BCUT2D eigenvalue weighted by molar-refractivity contribution is 5.43. The van der Waals surface area contributed by atoms with Crippen molar-refractivity contribution in [3.63, 3.8) is 0 Å². The molecule has 1 unspecified atom stereocenters. The van der Waals surface area contributed by atoms with Crippen molar-refractivity contribution in [1.29, 1.82) is 0 Å². The molecule has 0 spiro atoms. The van der Waals surface area contributed by atoms with E-state index in [1.54, 1.807) is 14.2 Å². The predicted molar refractivity (Wildman–Crippen MR) is 75.4 cm³/mol. The van der Waals surface area contributed by atoms with Gasteiger partial charge in [0.05, 0.1) is 14.2 Å². The fourth-order valence-corrected chi connectivity index (χ4v) is 1.93. The summed E-state index contributed by atoms with van der Waals surface area (Å²) >= 11 is 0. The molecule has 1 aromatic carbocycles. The number of hydrogen-bond donors (Lipinski definition) is 1. The van der Waals surface area contributed by atoms with Crippen molar-refractivity contribution in [2.24, 2.45) is 0 Å². The first-order valence-corrected chi connectivity index (χ1v) is 6.33. The lowest BCUT2D eigenvalue weighted by Gasteiger charge is -2.18. The Labute approximate surface area is 110 Å². The SMILES string of the molecule is C=CCCNC(CC)c1ccc(OC)c(OC)c1. The first kappa shape index (κ1) is 14.6. The largest absolute Gasteiger partial charge is 0.493 e. The number of methoxy groups -OCH3 is 2. The van der Waals surface area contributed by atoms with E-state index in [0.717, 1.165) is 30.9 Å². The molecule has 0 saturated heterocycles. The maximum Gasteiger partial charge on any atom is 0.161 e. The van der Waals surface area contributed by atoms with Gasteiger partial charge in [0, 0.05) is 6.04 Å². The monoisotopic (exact) mass is 249 g/mol. The Balaban J connectivity index is 2.82. The summed E-state index contributed by atoms with van der Waals surface area (Å²) in [5.74, 6) is 1.54. The summed E-state index contributed by atoms with van der Waals surface area (Å²) in [5.41, 5.74) is 1.22. The van der Waals surface area contributed by atoms with Crippen LogP contribution in [-0.2, 0) is 0 Å². The molecule has 1 aromatic rings. The summed E-state index contributed by atoms with van der Waals surface area (Å²) < 4.78 is 10.6. The smallest absolute Gasteiger partial charge is 0.161 e. The van der Waals surface area contributed by atoms with Gasteiger partial charge in [-0.2, -0.15) is 0 Å². The van der Waals surface area contributed by atoms with Gasteiger partial charge in [-0.05, 0) is 37.1 Å². The Morgan fingerprint density at radius 3 is 2.56 bits per heavy atom. The summed E-state index contributed by atoms with van der Waals surface area (Å²) in [7, 11) is 3.31. The van der Waals surface area contributed by atoms with Gasteiger partial charge >= 0.3 is 0 Å². The molecule has 0 saturated carbocycles. The number of nitrogens with one attached hydrogen (secondary N) is 1. The van der Waals surface area contributed by atoms with E-state index in [4.69, 9.17) is 9.47 Å². The molecule has 0 heterocycles. The molecule has 0 radical (unpaired) electrons. The van der Waals surface area contributed by atoms with E-state index < -0.39 is 0 Å². The summed E-state index contributed by atoms with van der Waals surface area (Å²) in [6.07, 6.45) is 3.94. The van der Waals surface area contributed by atoms with Crippen LogP contribution in [0.4, 0.5) is 0 Å². The van der Waals surface area contributed by atoms with E-state index in [1.165, 1.54) is 5.56 Å². The van der Waals surface area contributed by atoms with Crippen molar-refractivity contribution < 1.29 is 9.47 Å². The van der Waals surface area contributed by atoms with Gasteiger partial charge in [-0.3, -0.25) is 0 Å². The van der Waals surface area contributed by atoms with Crippen molar-refractivity contribution >= 4 is 0 Å². The van der Waals surface area contributed by atoms with E-state index in [1.807, 2.05) is 18.2 Å². The van der Waals surface area contributed by atoms with Crippen LogP contribution in [-0.4, -0.2) is 20.8 Å². The first-order chi connectivity index (χ1) is 8.76. The third-order valence-corrected chi connectivity index (χ3v) is 2.96. The average Bonchev–Trinajstić information content (AvgIpc) is 2.43. The number of ether oxygens (including phenoxy) is 2. The van der Waals surface area contributed by atoms with Gasteiger partial charge in [-0.15, -0.1) is 6.58 Å². The summed E-state index contributed by atoms with van der Waals surface area (Å²) in [6, 6.07) is 6.40. The van der Waals surface area contributed by atoms with Crippen molar-refractivity contribution in [2.45, 2.75) is 25.8 Å². The second-order valence-corrected chi connectivity index (χ2v) is 4.11. The predicted octanol–water partition coefficient (Wildman–Crippen LogP) is 3.32. The van der Waals surface area contributed by atoms with Gasteiger partial charge in [0.25, 0.3) is 0 Å². The zero-order chi connectivity index (χ0) is 13.4. The Kier molecular flexibility index (Phi) is 6.29. The molecule has 0 aromatic heterocycles. The van der Waals surface area contributed by atoms with Gasteiger partial charge in [0.15, 0.2) is 11.5 Å². The highest BCUT2D eigenvalue weighted by Gasteiger charge is 2.11. The summed E-state index contributed by atoms with van der Waals surface area (Å²) in [6.45, 7) is 6.84. The van der Waals surface area contributed by atoms with Crippen LogP contribution < -0.4 is 14.8 Å². The maximum atomic E-state index is 5.33. The van der Waals surface area contributed by atoms with Crippen molar-refractivity contribution in [1.82, 2.24) is 5.32 Å². The van der Waals surface area contributed by atoms with Crippen LogP contribution in [0.25, 0.3) is 0 Å². The fraction of sp³-hybridized carbons (Fsp3) is 0.467. The third kappa shape index (κ3) is 3.77.